The predicted molar refractivity (Wildman–Crippen MR) is 90.9 cm³/mol. The van der Waals surface area contributed by atoms with E-state index in [2.05, 4.69) is 15.6 Å². The van der Waals surface area contributed by atoms with Gasteiger partial charge in [0.15, 0.2) is 5.96 Å². The molecule has 1 aliphatic rings. The van der Waals surface area contributed by atoms with Gasteiger partial charge in [0.2, 0.25) is 0 Å². The molecular weight excluding hydrogens is 348 g/mol. The van der Waals surface area contributed by atoms with Gasteiger partial charge >= 0.3 is 6.18 Å². The predicted octanol–water partition coefficient (Wildman–Crippen LogP) is 3.87. The highest BCUT2D eigenvalue weighted by Crippen LogP contribution is 2.37. The first-order valence-electron chi connectivity index (χ1n) is 8.63. The van der Waals surface area contributed by atoms with Crippen LogP contribution < -0.4 is 10.6 Å². The van der Waals surface area contributed by atoms with Crippen molar-refractivity contribution in [2.24, 2.45) is 10.9 Å². The summed E-state index contributed by atoms with van der Waals surface area (Å²) in [4.78, 5) is 4.30. The molecule has 2 N–H and O–H groups in total. The smallest absolute Gasteiger partial charge is 0.357 e. The molecule has 1 fully saturated rings. The maximum atomic E-state index is 13.8. The second-order valence-corrected chi connectivity index (χ2v) is 6.35. The molecule has 1 aromatic carbocycles. The third kappa shape index (κ3) is 5.61. The van der Waals surface area contributed by atoms with Gasteiger partial charge in [-0.2, -0.15) is 18.4 Å². The molecule has 1 aromatic rings. The van der Waals surface area contributed by atoms with Crippen LogP contribution in [0.5, 0.6) is 0 Å². The first kappa shape index (κ1) is 20.0. The Hall–Kier alpha value is -2.30. The van der Waals surface area contributed by atoms with Crippen LogP contribution in [0.25, 0.3) is 0 Å². The van der Waals surface area contributed by atoms with Gasteiger partial charge in [-0.05, 0) is 50.8 Å². The molecule has 1 saturated carbocycles. The van der Waals surface area contributed by atoms with Crippen molar-refractivity contribution in [1.82, 2.24) is 10.6 Å². The highest BCUT2D eigenvalue weighted by atomic mass is 19.4. The standard InChI is InChI=1S/C18H22F4N4/c1-2-24-17(25-11-13-9-12(10-23)3-8-16(13)19)26-15-6-4-14(5-7-15)18(20,21)22/h3,8-9,14-15H,2,4-7,11H2,1H3,(H2,24,25,26). The lowest BCUT2D eigenvalue weighted by atomic mass is 9.85. The average molecular weight is 370 g/mol. The minimum absolute atomic E-state index is 0.0363. The number of nitrogens with one attached hydrogen (secondary N) is 2. The molecule has 26 heavy (non-hydrogen) atoms. The van der Waals surface area contributed by atoms with E-state index in [0.29, 0.717) is 36.5 Å². The summed E-state index contributed by atoms with van der Waals surface area (Å²) in [6, 6.07) is 5.92. The topological polar surface area (TPSA) is 60.2 Å². The van der Waals surface area contributed by atoms with Crippen molar-refractivity contribution in [3.05, 3.63) is 35.1 Å². The van der Waals surface area contributed by atoms with E-state index in [1.165, 1.54) is 18.2 Å². The molecule has 0 atom stereocenters. The molecule has 1 aliphatic carbocycles. The van der Waals surface area contributed by atoms with Crippen molar-refractivity contribution >= 4 is 5.96 Å². The molecule has 0 amide bonds. The maximum absolute atomic E-state index is 13.8. The minimum atomic E-state index is -4.13. The zero-order chi connectivity index (χ0) is 19.2. The quantitative estimate of drug-likeness (QED) is 0.480. The molecule has 0 bridgehead atoms. The summed E-state index contributed by atoms with van der Waals surface area (Å²) in [5.74, 6) is -1.25. The van der Waals surface area contributed by atoms with Gasteiger partial charge in [-0.1, -0.05) is 0 Å². The van der Waals surface area contributed by atoms with Crippen LogP contribution in [0.15, 0.2) is 23.2 Å². The number of halogens is 4. The molecule has 0 aromatic heterocycles. The molecule has 0 saturated heterocycles. The lowest BCUT2D eigenvalue weighted by Gasteiger charge is -2.31. The lowest BCUT2D eigenvalue weighted by molar-refractivity contribution is -0.182. The van der Waals surface area contributed by atoms with Gasteiger partial charge in [0.25, 0.3) is 0 Å². The molecule has 8 heteroatoms. The van der Waals surface area contributed by atoms with Gasteiger partial charge in [-0.25, -0.2) is 9.38 Å². The van der Waals surface area contributed by atoms with Crippen molar-refractivity contribution in [3.63, 3.8) is 0 Å². The lowest BCUT2D eigenvalue weighted by Crippen LogP contribution is -2.45. The van der Waals surface area contributed by atoms with Crippen molar-refractivity contribution in [2.75, 3.05) is 6.54 Å². The summed E-state index contributed by atoms with van der Waals surface area (Å²) in [5, 5.41) is 15.0. The minimum Gasteiger partial charge on any atom is -0.357 e. The fourth-order valence-corrected chi connectivity index (χ4v) is 3.01. The second kappa shape index (κ2) is 8.88. The number of hydrogen-bond donors (Lipinski definition) is 2. The van der Waals surface area contributed by atoms with Gasteiger partial charge in [-0.15, -0.1) is 0 Å². The first-order chi connectivity index (χ1) is 12.3. The maximum Gasteiger partial charge on any atom is 0.391 e. The van der Waals surface area contributed by atoms with Crippen LogP contribution in [0, 0.1) is 23.1 Å². The SMILES string of the molecule is CCNC(=NCc1cc(C#N)ccc1F)NC1CCC(C(F)(F)F)CC1. The van der Waals surface area contributed by atoms with Crippen LogP contribution >= 0.6 is 0 Å². The number of nitriles is 1. The number of alkyl halides is 3. The molecule has 4 nitrogen and oxygen atoms in total. The Labute approximate surface area is 150 Å². The van der Waals surface area contributed by atoms with E-state index in [0.717, 1.165) is 0 Å². The van der Waals surface area contributed by atoms with Gasteiger partial charge in [-0.3, -0.25) is 0 Å². The number of aliphatic imine (C=N–C) groups is 1. The molecule has 0 heterocycles. The van der Waals surface area contributed by atoms with Crippen LogP contribution in [0.3, 0.4) is 0 Å². The number of nitrogens with zero attached hydrogens (tertiary/aromatic N) is 2. The Morgan fingerprint density at radius 3 is 2.54 bits per heavy atom. The molecule has 2 rings (SSSR count). The number of hydrogen-bond acceptors (Lipinski definition) is 2. The average Bonchev–Trinajstić information content (AvgIpc) is 2.60. The van der Waals surface area contributed by atoms with Crippen LogP contribution in [-0.2, 0) is 6.54 Å². The van der Waals surface area contributed by atoms with E-state index in [-0.39, 0.29) is 25.4 Å². The van der Waals surface area contributed by atoms with Crippen LogP contribution in [0.4, 0.5) is 17.6 Å². The highest BCUT2D eigenvalue weighted by molar-refractivity contribution is 5.80. The monoisotopic (exact) mass is 370 g/mol. The second-order valence-electron chi connectivity index (χ2n) is 6.35. The summed E-state index contributed by atoms with van der Waals surface area (Å²) in [5.41, 5.74) is 0.641. The number of rotatable bonds is 4. The van der Waals surface area contributed by atoms with Crippen molar-refractivity contribution < 1.29 is 17.6 Å². The number of benzene rings is 1. The largest absolute Gasteiger partial charge is 0.391 e. The summed E-state index contributed by atoms with van der Waals surface area (Å²) < 4.78 is 52.1. The Kier molecular flexibility index (Phi) is 6.83. The van der Waals surface area contributed by atoms with Crippen LogP contribution in [-0.4, -0.2) is 24.7 Å². The van der Waals surface area contributed by atoms with E-state index >= 15 is 0 Å². The Balaban J connectivity index is 1.99. The molecule has 0 unspecified atom stereocenters. The highest BCUT2D eigenvalue weighted by Gasteiger charge is 2.41. The van der Waals surface area contributed by atoms with E-state index < -0.39 is 17.9 Å². The van der Waals surface area contributed by atoms with Gasteiger partial charge < -0.3 is 10.6 Å². The van der Waals surface area contributed by atoms with Gasteiger partial charge in [0.05, 0.1) is 24.1 Å². The molecular formula is C18H22F4N4. The van der Waals surface area contributed by atoms with Crippen LogP contribution in [0.1, 0.15) is 43.7 Å². The van der Waals surface area contributed by atoms with Gasteiger partial charge in [0.1, 0.15) is 5.82 Å². The fraction of sp³-hybridized carbons (Fsp3) is 0.556. The third-order valence-electron chi connectivity index (χ3n) is 4.46. The Morgan fingerprint density at radius 2 is 1.96 bits per heavy atom. The molecule has 0 spiro atoms. The van der Waals surface area contributed by atoms with Crippen molar-refractivity contribution in [2.45, 2.75) is 51.4 Å². The zero-order valence-corrected chi connectivity index (χ0v) is 14.5. The van der Waals surface area contributed by atoms with E-state index in [1.54, 1.807) is 0 Å². The fourth-order valence-electron chi connectivity index (χ4n) is 3.01. The first-order valence-corrected chi connectivity index (χ1v) is 8.63. The van der Waals surface area contributed by atoms with E-state index in [1.807, 2.05) is 13.0 Å². The summed E-state index contributed by atoms with van der Waals surface area (Å²) >= 11 is 0. The van der Waals surface area contributed by atoms with E-state index in [4.69, 9.17) is 5.26 Å². The van der Waals surface area contributed by atoms with Crippen LogP contribution in [0.2, 0.25) is 0 Å². The summed E-state index contributed by atoms with van der Waals surface area (Å²) in [6.45, 7) is 2.48. The normalized spacial score (nSPS) is 21.2. The Morgan fingerprint density at radius 1 is 1.27 bits per heavy atom. The van der Waals surface area contributed by atoms with E-state index in [9.17, 15) is 17.6 Å². The van der Waals surface area contributed by atoms with Gasteiger partial charge in [0, 0.05) is 18.2 Å². The number of guanidine groups is 1. The Bertz CT molecular complexity index is 671. The molecule has 0 radical (unpaired) electrons. The van der Waals surface area contributed by atoms with Crippen molar-refractivity contribution in [1.29, 1.82) is 5.26 Å². The molecule has 142 valence electrons. The van der Waals surface area contributed by atoms with Crippen molar-refractivity contribution in [3.8, 4) is 6.07 Å². The summed E-state index contributed by atoms with van der Waals surface area (Å²) in [7, 11) is 0. The third-order valence-corrected chi connectivity index (χ3v) is 4.46. The molecule has 0 aliphatic heterocycles. The zero-order valence-electron chi connectivity index (χ0n) is 14.5. The summed E-state index contributed by atoms with van der Waals surface area (Å²) in [6.07, 6.45) is -3.12.